The highest BCUT2D eigenvalue weighted by molar-refractivity contribution is 5.66. The van der Waals surface area contributed by atoms with Gasteiger partial charge in [-0.3, -0.25) is 4.79 Å². The summed E-state index contributed by atoms with van der Waals surface area (Å²) in [6.07, 6.45) is 9.60. The van der Waals surface area contributed by atoms with Crippen molar-refractivity contribution in [2.75, 3.05) is 0 Å². The molecule has 2 aliphatic carbocycles. The van der Waals surface area contributed by atoms with Gasteiger partial charge in [0.15, 0.2) is 0 Å². The predicted octanol–water partition coefficient (Wildman–Crippen LogP) is 5.85. The average Bonchev–Trinajstić information content (AvgIpc) is 2.49. The summed E-state index contributed by atoms with van der Waals surface area (Å²) < 4.78 is 5.69. The Morgan fingerprint density at radius 2 is 1.96 bits per heavy atom. The van der Waals surface area contributed by atoms with E-state index in [2.05, 4.69) is 46.9 Å². The van der Waals surface area contributed by atoms with Crippen LogP contribution in [0.15, 0.2) is 36.5 Å². The van der Waals surface area contributed by atoms with Crippen molar-refractivity contribution in [3.05, 3.63) is 36.5 Å². The van der Waals surface area contributed by atoms with Crippen molar-refractivity contribution in [3.63, 3.8) is 0 Å². The van der Waals surface area contributed by atoms with E-state index in [0.29, 0.717) is 11.8 Å². The Morgan fingerprint density at radius 1 is 1.29 bits per heavy atom. The molecule has 134 valence electrons. The quantitative estimate of drug-likeness (QED) is 0.367. The zero-order valence-corrected chi connectivity index (χ0v) is 16.2. The number of rotatable bonds is 4. The summed E-state index contributed by atoms with van der Waals surface area (Å²) in [5.74, 6) is 0.901. The van der Waals surface area contributed by atoms with Crippen molar-refractivity contribution in [2.45, 2.75) is 72.8 Å². The van der Waals surface area contributed by atoms with Crippen LogP contribution in [0.25, 0.3) is 0 Å². The lowest BCUT2D eigenvalue weighted by atomic mass is 9.46. The predicted molar refractivity (Wildman–Crippen MR) is 101 cm³/mol. The first kappa shape index (κ1) is 19.0. The molecule has 24 heavy (non-hydrogen) atoms. The second-order valence-corrected chi connectivity index (χ2v) is 8.65. The van der Waals surface area contributed by atoms with E-state index >= 15 is 0 Å². The highest BCUT2D eigenvalue weighted by atomic mass is 16.5. The van der Waals surface area contributed by atoms with Gasteiger partial charge in [0.1, 0.15) is 6.10 Å². The normalized spacial score (nSPS) is 36.0. The molecule has 0 spiro atoms. The molecule has 0 radical (unpaired) electrons. The summed E-state index contributed by atoms with van der Waals surface area (Å²) in [5.41, 5.74) is 2.87. The lowest BCUT2D eigenvalue weighted by Gasteiger charge is -2.59. The van der Waals surface area contributed by atoms with Crippen molar-refractivity contribution < 1.29 is 9.53 Å². The summed E-state index contributed by atoms with van der Waals surface area (Å²) in [6, 6.07) is 0. The van der Waals surface area contributed by atoms with E-state index in [0.717, 1.165) is 32.1 Å². The Labute approximate surface area is 148 Å². The second-order valence-electron chi connectivity index (χ2n) is 8.65. The first-order valence-electron chi connectivity index (χ1n) is 9.27. The van der Waals surface area contributed by atoms with Crippen LogP contribution in [0.3, 0.4) is 0 Å². The molecule has 2 rings (SSSR count). The Bertz CT molecular complexity index is 554. The number of hydrogen-bond acceptors (Lipinski definition) is 2. The van der Waals surface area contributed by atoms with Crippen LogP contribution in [0.4, 0.5) is 0 Å². The van der Waals surface area contributed by atoms with E-state index in [1.807, 2.05) is 6.08 Å². The molecule has 2 aliphatic rings. The Morgan fingerprint density at radius 3 is 2.54 bits per heavy atom. The molecular formula is C22H34O2. The third-order valence-electron chi connectivity index (χ3n) is 6.82. The van der Waals surface area contributed by atoms with Gasteiger partial charge in [0.2, 0.25) is 0 Å². The summed E-state index contributed by atoms with van der Waals surface area (Å²) in [6.45, 7) is 18.9. The molecule has 0 N–H and O–H groups in total. The molecule has 4 atom stereocenters. The third-order valence-corrected chi connectivity index (χ3v) is 6.82. The van der Waals surface area contributed by atoms with Gasteiger partial charge in [-0.15, -0.1) is 0 Å². The van der Waals surface area contributed by atoms with Gasteiger partial charge in [0.25, 0.3) is 0 Å². The lowest BCUT2D eigenvalue weighted by molar-refractivity contribution is -0.173. The van der Waals surface area contributed by atoms with Crippen LogP contribution in [0.5, 0.6) is 0 Å². The molecule has 0 saturated heterocycles. The van der Waals surface area contributed by atoms with Crippen LogP contribution in [-0.4, -0.2) is 12.1 Å². The monoisotopic (exact) mass is 330 g/mol. The van der Waals surface area contributed by atoms with Crippen LogP contribution in [0, 0.1) is 22.7 Å². The van der Waals surface area contributed by atoms with Gasteiger partial charge in [-0.05, 0) is 56.3 Å². The summed E-state index contributed by atoms with van der Waals surface area (Å²) >= 11 is 0. The molecule has 0 aromatic carbocycles. The first-order chi connectivity index (χ1) is 11.1. The van der Waals surface area contributed by atoms with Crippen LogP contribution < -0.4 is 0 Å². The molecule has 2 saturated carbocycles. The van der Waals surface area contributed by atoms with Crippen molar-refractivity contribution >= 4 is 5.97 Å². The minimum Gasteiger partial charge on any atom is -0.462 e. The van der Waals surface area contributed by atoms with E-state index < -0.39 is 0 Å². The fourth-order valence-electron chi connectivity index (χ4n) is 5.39. The smallest absolute Gasteiger partial charge is 0.302 e. The van der Waals surface area contributed by atoms with Gasteiger partial charge in [0, 0.05) is 12.3 Å². The first-order valence-corrected chi connectivity index (χ1v) is 9.27. The molecule has 0 amide bonds. The van der Waals surface area contributed by atoms with E-state index in [4.69, 9.17) is 4.74 Å². The number of esters is 1. The molecule has 2 fully saturated rings. The van der Waals surface area contributed by atoms with Gasteiger partial charge < -0.3 is 4.74 Å². The largest absolute Gasteiger partial charge is 0.462 e. The van der Waals surface area contributed by atoms with Crippen LogP contribution in [0.2, 0.25) is 0 Å². The number of fused-ring (bicyclic) bond motifs is 1. The molecule has 0 aromatic heterocycles. The van der Waals surface area contributed by atoms with Crippen molar-refractivity contribution in [2.24, 2.45) is 22.7 Å². The third kappa shape index (κ3) is 3.38. The Kier molecular flexibility index (Phi) is 5.47. The van der Waals surface area contributed by atoms with E-state index in [-0.39, 0.29) is 22.9 Å². The van der Waals surface area contributed by atoms with E-state index in [9.17, 15) is 4.79 Å². The van der Waals surface area contributed by atoms with Gasteiger partial charge >= 0.3 is 5.97 Å². The lowest BCUT2D eigenvalue weighted by Crippen LogP contribution is -2.55. The fraction of sp³-hybridized carbons (Fsp3) is 0.682. The van der Waals surface area contributed by atoms with Gasteiger partial charge in [0.05, 0.1) is 0 Å². The minimum absolute atomic E-state index is 0.00875. The average molecular weight is 331 g/mol. The van der Waals surface area contributed by atoms with Crippen LogP contribution in [0.1, 0.15) is 66.7 Å². The number of ether oxygens (including phenoxy) is 1. The molecule has 0 aromatic rings. The number of carbonyl (C=O) groups excluding carboxylic acids is 1. The molecular weight excluding hydrogens is 296 g/mol. The van der Waals surface area contributed by atoms with Crippen molar-refractivity contribution in [1.29, 1.82) is 0 Å². The molecule has 2 nitrogen and oxygen atoms in total. The maximum atomic E-state index is 11.5. The summed E-state index contributed by atoms with van der Waals surface area (Å²) in [5, 5.41) is 0. The minimum atomic E-state index is -0.155. The van der Waals surface area contributed by atoms with E-state index in [1.165, 1.54) is 18.1 Å². The zero-order valence-electron chi connectivity index (χ0n) is 16.2. The molecule has 0 unspecified atom stereocenters. The number of carbonyl (C=O) groups is 1. The molecule has 0 bridgehead atoms. The van der Waals surface area contributed by atoms with E-state index in [1.54, 1.807) is 0 Å². The fourth-order valence-corrected chi connectivity index (χ4v) is 5.39. The van der Waals surface area contributed by atoms with Gasteiger partial charge in [-0.25, -0.2) is 0 Å². The van der Waals surface area contributed by atoms with Crippen LogP contribution >= 0.6 is 0 Å². The highest BCUT2D eigenvalue weighted by Gasteiger charge is 2.56. The molecule has 0 heterocycles. The highest BCUT2D eigenvalue weighted by Crippen LogP contribution is 2.62. The van der Waals surface area contributed by atoms with Gasteiger partial charge in [-0.2, -0.15) is 0 Å². The van der Waals surface area contributed by atoms with Gasteiger partial charge in [-0.1, -0.05) is 57.2 Å². The number of hydrogen-bond donors (Lipinski definition) is 0. The summed E-state index contributed by atoms with van der Waals surface area (Å²) in [7, 11) is 0. The maximum absolute atomic E-state index is 11.5. The van der Waals surface area contributed by atoms with Crippen molar-refractivity contribution in [3.8, 4) is 0 Å². The molecule has 2 heteroatoms. The standard InChI is InChI=1S/C22H34O2/c1-8-15(2)9-11-18-16(3)10-12-19-21(5,6)20(24-17(4)23)13-14-22(18,19)7/h8-9,18-20H,1,3,10-14H2,2,4-7H3/b15-9+/t18-,19+,20-,22+/m0/s1. The zero-order chi connectivity index (χ0) is 18.1. The second kappa shape index (κ2) is 6.90. The van der Waals surface area contributed by atoms with Crippen LogP contribution in [-0.2, 0) is 9.53 Å². The Hall–Kier alpha value is -1.31. The summed E-state index contributed by atoms with van der Waals surface area (Å²) in [4.78, 5) is 11.5. The Balaban J connectivity index is 2.30. The number of allylic oxidation sites excluding steroid dienone is 4. The molecule has 0 aliphatic heterocycles. The maximum Gasteiger partial charge on any atom is 0.302 e. The topological polar surface area (TPSA) is 26.3 Å². The SMILES string of the molecule is C=C/C(C)=C/C[C@H]1C(=C)CC[C@@H]2C(C)(C)[C@@H](OC(C)=O)CC[C@@]21C. The van der Waals surface area contributed by atoms with Crippen molar-refractivity contribution in [1.82, 2.24) is 0 Å².